The summed E-state index contributed by atoms with van der Waals surface area (Å²) in [6.07, 6.45) is 3.45. The van der Waals surface area contributed by atoms with Gasteiger partial charge >= 0.3 is 0 Å². The molecule has 56 valence electrons. The summed E-state index contributed by atoms with van der Waals surface area (Å²) in [4.78, 5) is 3.99. The Balaban J connectivity index is 2.94. The van der Waals surface area contributed by atoms with Crippen LogP contribution in [0, 0.1) is 0 Å². The molecular formula is C5H2Br2N4. The highest BCUT2D eigenvalue weighted by Gasteiger charge is 2.04. The molecule has 0 saturated heterocycles. The van der Waals surface area contributed by atoms with Gasteiger partial charge in [0.05, 0.1) is 0 Å². The van der Waals surface area contributed by atoms with Crippen molar-refractivity contribution in [1.82, 2.24) is 19.6 Å². The number of halogens is 2. The van der Waals surface area contributed by atoms with Crippen molar-refractivity contribution >= 4 is 37.5 Å². The molecule has 0 aromatic carbocycles. The summed E-state index contributed by atoms with van der Waals surface area (Å²) in [5, 5.41) is 7.69. The van der Waals surface area contributed by atoms with Crippen molar-refractivity contribution in [2.75, 3.05) is 0 Å². The average molecular weight is 278 g/mol. The van der Waals surface area contributed by atoms with E-state index in [-0.39, 0.29) is 0 Å². The zero-order chi connectivity index (χ0) is 7.84. The van der Waals surface area contributed by atoms with Crippen LogP contribution in [0.5, 0.6) is 0 Å². The standard InChI is InChI=1S/C5H2Br2N4/c6-3-4-9-10-5(7)11(4)2-1-8-3/h1-2H. The second-order valence-corrected chi connectivity index (χ2v) is 3.34. The lowest BCUT2D eigenvalue weighted by Gasteiger charge is -1.92. The maximum Gasteiger partial charge on any atom is 0.204 e. The molecular weight excluding hydrogens is 276 g/mol. The largest absolute Gasteiger partial charge is 0.273 e. The van der Waals surface area contributed by atoms with Gasteiger partial charge in [0.2, 0.25) is 4.73 Å². The number of nitrogens with zero attached hydrogens (tertiary/aromatic N) is 4. The molecule has 0 aliphatic heterocycles. The van der Waals surface area contributed by atoms with Gasteiger partial charge < -0.3 is 0 Å². The van der Waals surface area contributed by atoms with Gasteiger partial charge in [0.1, 0.15) is 0 Å². The zero-order valence-corrected chi connectivity index (χ0v) is 8.37. The minimum Gasteiger partial charge on any atom is -0.273 e. The lowest BCUT2D eigenvalue weighted by Crippen LogP contribution is -1.86. The number of aromatic nitrogens is 4. The lowest BCUT2D eigenvalue weighted by atomic mass is 10.7. The summed E-state index contributed by atoms with van der Waals surface area (Å²) in [7, 11) is 0. The van der Waals surface area contributed by atoms with Gasteiger partial charge in [0.15, 0.2) is 10.3 Å². The van der Waals surface area contributed by atoms with Crippen LogP contribution in [-0.4, -0.2) is 19.6 Å². The van der Waals surface area contributed by atoms with E-state index in [1.54, 1.807) is 16.8 Å². The molecule has 0 fully saturated rings. The fourth-order valence-corrected chi connectivity index (χ4v) is 1.52. The van der Waals surface area contributed by atoms with Crippen LogP contribution < -0.4 is 0 Å². The van der Waals surface area contributed by atoms with E-state index < -0.39 is 0 Å². The Labute approximate surface area is 78.9 Å². The fourth-order valence-electron chi connectivity index (χ4n) is 0.768. The Morgan fingerprint density at radius 3 is 2.82 bits per heavy atom. The Morgan fingerprint density at radius 2 is 2.09 bits per heavy atom. The average Bonchev–Trinajstić information content (AvgIpc) is 2.35. The van der Waals surface area contributed by atoms with Gasteiger partial charge in [-0.15, -0.1) is 10.2 Å². The van der Waals surface area contributed by atoms with Gasteiger partial charge in [-0.1, -0.05) is 0 Å². The fraction of sp³-hybridized carbons (Fsp3) is 0. The molecule has 0 aliphatic carbocycles. The lowest BCUT2D eigenvalue weighted by molar-refractivity contribution is 1.05. The van der Waals surface area contributed by atoms with Gasteiger partial charge in [-0.05, 0) is 31.9 Å². The van der Waals surface area contributed by atoms with Crippen molar-refractivity contribution in [2.45, 2.75) is 0 Å². The zero-order valence-electron chi connectivity index (χ0n) is 5.20. The van der Waals surface area contributed by atoms with E-state index >= 15 is 0 Å². The second kappa shape index (κ2) is 2.53. The molecule has 0 radical (unpaired) electrons. The predicted molar refractivity (Wildman–Crippen MR) is 46.2 cm³/mol. The Bertz CT molecular complexity index is 396. The van der Waals surface area contributed by atoms with Crippen molar-refractivity contribution in [3.05, 3.63) is 21.7 Å². The summed E-state index contributed by atoms with van der Waals surface area (Å²) >= 11 is 6.50. The molecule has 2 aromatic rings. The van der Waals surface area contributed by atoms with Crippen LogP contribution >= 0.6 is 31.9 Å². The molecule has 0 N–H and O–H groups in total. The SMILES string of the molecule is Brc1nccn2c(Br)nnc12. The Kier molecular flexibility index (Phi) is 1.65. The van der Waals surface area contributed by atoms with Crippen LogP contribution in [0.15, 0.2) is 21.7 Å². The van der Waals surface area contributed by atoms with Crippen LogP contribution in [0.3, 0.4) is 0 Å². The number of hydrogen-bond donors (Lipinski definition) is 0. The first-order valence-corrected chi connectivity index (χ1v) is 4.38. The molecule has 0 amide bonds. The highest BCUT2D eigenvalue weighted by molar-refractivity contribution is 9.10. The molecule has 0 saturated carbocycles. The highest BCUT2D eigenvalue weighted by atomic mass is 79.9. The van der Waals surface area contributed by atoms with Crippen LogP contribution in [0.4, 0.5) is 0 Å². The smallest absolute Gasteiger partial charge is 0.204 e. The minimum atomic E-state index is 0.676. The van der Waals surface area contributed by atoms with E-state index in [1.165, 1.54) is 0 Å². The van der Waals surface area contributed by atoms with Crippen LogP contribution in [0.25, 0.3) is 5.65 Å². The maximum absolute atomic E-state index is 3.99. The van der Waals surface area contributed by atoms with Gasteiger partial charge in [-0.25, -0.2) is 4.98 Å². The van der Waals surface area contributed by atoms with Crippen LogP contribution in [-0.2, 0) is 0 Å². The molecule has 2 aromatic heterocycles. The van der Waals surface area contributed by atoms with Crippen molar-refractivity contribution in [3.8, 4) is 0 Å². The Morgan fingerprint density at radius 1 is 1.27 bits per heavy atom. The molecule has 0 spiro atoms. The number of hydrogen-bond acceptors (Lipinski definition) is 3. The highest BCUT2D eigenvalue weighted by Crippen LogP contribution is 2.15. The van der Waals surface area contributed by atoms with Gasteiger partial charge in [-0.3, -0.25) is 4.40 Å². The molecule has 2 rings (SSSR count). The first kappa shape index (κ1) is 7.17. The first-order chi connectivity index (χ1) is 5.29. The third-order valence-electron chi connectivity index (χ3n) is 1.24. The molecule has 0 aliphatic rings. The van der Waals surface area contributed by atoms with Crippen LogP contribution in [0.2, 0.25) is 0 Å². The van der Waals surface area contributed by atoms with Crippen molar-refractivity contribution in [3.63, 3.8) is 0 Å². The Hall–Kier alpha value is -0.490. The van der Waals surface area contributed by atoms with E-state index in [0.29, 0.717) is 15.0 Å². The van der Waals surface area contributed by atoms with Crippen molar-refractivity contribution in [2.24, 2.45) is 0 Å². The molecule has 0 bridgehead atoms. The number of fused-ring (bicyclic) bond motifs is 1. The molecule has 4 nitrogen and oxygen atoms in total. The summed E-state index contributed by atoms with van der Waals surface area (Å²) in [5.74, 6) is 0. The summed E-state index contributed by atoms with van der Waals surface area (Å²) in [6.45, 7) is 0. The number of rotatable bonds is 0. The van der Waals surface area contributed by atoms with Gasteiger partial charge in [0.25, 0.3) is 0 Å². The summed E-state index contributed by atoms with van der Waals surface area (Å²) < 4.78 is 3.16. The van der Waals surface area contributed by atoms with E-state index in [2.05, 4.69) is 47.0 Å². The topological polar surface area (TPSA) is 43.1 Å². The predicted octanol–water partition coefficient (Wildman–Crippen LogP) is 1.65. The van der Waals surface area contributed by atoms with E-state index in [1.807, 2.05) is 0 Å². The van der Waals surface area contributed by atoms with E-state index in [0.717, 1.165) is 0 Å². The van der Waals surface area contributed by atoms with Gasteiger partial charge in [0, 0.05) is 12.4 Å². The van der Waals surface area contributed by atoms with Gasteiger partial charge in [-0.2, -0.15) is 0 Å². The molecule has 2 heterocycles. The third kappa shape index (κ3) is 1.06. The molecule has 6 heteroatoms. The normalized spacial score (nSPS) is 10.7. The summed E-state index contributed by atoms with van der Waals surface area (Å²) in [5.41, 5.74) is 0.708. The third-order valence-corrected chi connectivity index (χ3v) is 2.34. The molecule has 11 heavy (non-hydrogen) atoms. The van der Waals surface area contributed by atoms with E-state index in [9.17, 15) is 0 Å². The second-order valence-electron chi connectivity index (χ2n) is 1.88. The molecule has 0 atom stereocenters. The van der Waals surface area contributed by atoms with Crippen LogP contribution in [0.1, 0.15) is 0 Å². The summed E-state index contributed by atoms with van der Waals surface area (Å²) in [6, 6.07) is 0. The van der Waals surface area contributed by atoms with Crippen molar-refractivity contribution < 1.29 is 0 Å². The minimum absolute atomic E-state index is 0.676. The first-order valence-electron chi connectivity index (χ1n) is 2.80. The maximum atomic E-state index is 3.99. The quantitative estimate of drug-likeness (QED) is 0.735. The van der Waals surface area contributed by atoms with E-state index in [4.69, 9.17) is 0 Å². The van der Waals surface area contributed by atoms with Crippen molar-refractivity contribution in [1.29, 1.82) is 0 Å². The molecule has 0 unspecified atom stereocenters. The monoisotopic (exact) mass is 276 g/mol.